The summed E-state index contributed by atoms with van der Waals surface area (Å²) in [6.07, 6.45) is 0. The number of hydrogen-bond donors (Lipinski definition) is 0. The van der Waals surface area contributed by atoms with Crippen LogP contribution in [0.25, 0.3) is 5.69 Å². The Balaban J connectivity index is 1.50. The minimum Gasteiger partial charge on any atom is -0.337 e. The maximum Gasteiger partial charge on any atom is 0.255 e. The Morgan fingerprint density at radius 3 is 2.52 bits per heavy atom. The van der Waals surface area contributed by atoms with Crippen molar-refractivity contribution in [2.45, 2.75) is 17.2 Å². The number of para-hydroxylation sites is 1. The van der Waals surface area contributed by atoms with Crippen LogP contribution in [0.5, 0.6) is 0 Å². The van der Waals surface area contributed by atoms with Gasteiger partial charge in [0.15, 0.2) is 5.82 Å². The third kappa shape index (κ3) is 4.95. The number of hydrogen-bond acceptors (Lipinski definition) is 5. The van der Waals surface area contributed by atoms with E-state index in [2.05, 4.69) is 15.5 Å². The predicted octanol–water partition coefficient (Wildman–Crippen LogP) is 4.88. The molecule has 0 saturated carbocycles. The average molecular weight is 450 g/mol. The van der Waals surface area contributed by atoms with Gasteiger partial charge in [-0.2, -0.15) is 4.68 Å². The van der Waals surface area contributed by atoms with E-state index in [4.69, 9.17) is 11.6 Å². The molecular weight excluding hydrogens is 430 g/mol. The van der Waals surface area contributed by atoms with E-state index in [9.17, 15) is 4.79 Å². The monoisotopic (exact) mass is 449 g/mol. The van der Waals surface area contributed by atoms with E-state index in [1.165, 1.54) is 11.8 Å². The van der Waals surface area contributed by atoms with Gasteiger partial charge < -0.3 is 4.90 Å². The Labute approximate surface area is 189 Å². The van der Waals surface area contributed by atoms with Gasteiger partial charge in [-0.25, -0.2) is 0 Å². The Kier molecular flexibility index (Phi) is 6.64. The zero-order valence-corrected chi connectivity index (χ0v) is 18.4. The molecule has 1 amide bonds. The number of carbonyl (C=O) groups is 1. The van der Waals surface area contributed by atoms with Crippen molar-refractivity contribution in [1.82, 2.24) is 25.1 Å². The second-order valence-electron chi connectivity index (χ2n) is 6.88. The standard InChI is InChI=1S/C23H20ClN5OS/c1-28(15-17-9-5-7-13-20(17)24)23(30)19-12-6-8-14-21(19)31-16-22-25-26-27-29(22)18-10-3-2-4-11-18/h2-14H,15-16H2,1H3. The minimum absolute atomic E-state index is 0.0642. The molecule has 4 rings (SSSR count). The molecule has 0 aliphatic rings. The first-order valence-corrected chi connectivity index (χ1v) is 11.0. The highest BCUT2D eigenvalue weighted by atomic mass is 35.5. The summed E-state index contributed by atoms with van der Waals surface area (Å²) >= 11 is 7.79. The van der Waals surface area contributed by atoms with Gasteiger partial charge in [0.1, 0.15) is 0 Å². The van der Waals surface area contributed by atoms with Crippen LogP contribution in [0.2, 0.25) is 5.02 Å². The zero-order valence-electron chi connectivity index (χ0n) is 16.9. The fourth-order valence-corrected chi connectivity index (χ4v) is 4.28. The van der Waals surface area contributed by atoms with Crippen molar-refractivity contribution in [3.05, 3.63) is 101 Å². The molecule has 0 atom stereocenters. The van der Waals surface area contributed by atoms with E-state index in [-0.39, 0.29) is 5.91 Å². The van der Waals surface area contributed by atoms with Crippen LogP contribution in [0.3, 0.4) is 0 Å². The van der Waals surface area contributed by atoms with Crippen molar-refractivity contribution in [2.24, 2.45) is 0 Å². The molecule has 8 heteroatoms. The minimum atomic E-state index is -0.0642. The number of halogens is 1. The van der Waals surface area contributed by atoms with Gasteiger partial charge in [-0.15, -0.1) is 16.9 Å². The van der Waals surface area contributed by atoms with Gasteiger partial charge in [-0.1, -0.05) is 60.1 Å². The molecule has 0 saturated heterocycles. The van der Waals surface area contributed by atoms with Gasteiger partial charge in [-0.3, -0.25) is 4.79 Å². The second kappa shape index (κ2) is 9.76. The summed E-state index contributed by atoms with van der Waals surface area (Å²) in [6.45, 7) is 0.434. The second-order valence-corrected chi connectivity index (χ2v) is 8.30. The summed E-state index contributed by atoms with van der Waals surface area (Å²) in [5, 5.41) is 12.7. The zero-order chi connectivity index (χ0) is 21.6. The van der Waals surface area contributed by atoms with Crippen LogP contribution in [0.15, 0.2) is 83.8 Å². The lowest BCUT2D eigenvalue weighted by molar-refractivity contribution is 0.0781. The number of amides is 1. The number of thioether (sulfide) groups is 1. The van der Waals surface area contributed by atoms with Gasteiger partial charge in [0.05, 0.1) is 17.0 Å². The van der Waals surface area contributed by atoms with Crippen molar-refractivity contribution in [2.75, 3.05) is 7.05 Å². The van der Waals surface area contributed by atoms with Crippen molar-refractivity contribution >= 4 is 29.3 Å². The molecule has 0 spiro atoms. The van der Waals surface area contributed by atoms with Crippen LogP contribution in [0.1, 0.15) is 21.7 Å². The van der Waals surface area contributed by atoms with Gasteiger partial charge in [-0.05, 0) is 46.3 Å². The third-order valence-corrected chi connectivity index (χ3v) is 6.16. The molecule has 156 valence electrons. The highest BCUT2D eigenvalue weighted by Crippen LogP contribution is 2.27. The lowest BCUT2D eigenvalue weighted by atomic mass is 10.1. The number of aromatic nitrogens is 4. The van der Waals surface area contributed by atoms with Crippen LogP contribution in [0, 0.1) is 0 Å². The van der Waals surface area contributed by atoms with Crippen LogP contribution >= 0.6 is 23.4 Å². The summed E-state index contributed by atoms with van der Waals surface area (Å²) in [5.74, 6) is 1.17. The summed E-state index contributed by atoms with van der Waals surface area (Å²) in [5.41, 5.74) is 2.44. The largest absolute Gasteiger partial charge is 0.337 e. The maximum absolute atomic E-state index is 13.2. The van der Waals surface area contributed by atoms with Crippen molar-refractivity contribution in [3.8, 4) is 5.69 Å². The third-order valence-electron chi connectivity index (χ3n) is 4.72. The van der Waals surface area contributed by atoms with E-state index >= 15 is 0 Å². The molecule has 0 N–H and O–H groups in total. The molecule has 0 aliphatic heterocycles. The lowest BCUT2D eigenvalue weighted by Gasteiger charge is -2.19. The van der Waals surface area contributed by atoms with E-state index < -0.39 is 0 Å². The first kappa shape index (κ1) is 21.1. The quantitative estimate of drug-likeness (QED) is 0.376. The fraction of sp³-hybridized carbons (Fsp3) is 0.130. The number of carbonyl (C=O) groups excluding carboxylic acids is 1. The molecule has 0 aliphatic carbocycles. The first-order chi connectivity index (χ1) is 15.1. The van der Waals surface area contributed by atoms with Crippen LogP contribution in [0.4, 0.5) is 0 Å². The molecule has 0 radical (unpaired) electrons. The van der Waals surface area contributed by atoms with Gasteiger partial charge in [0, 0.05) is 23.5 Å². The molecule has 1 aromatic heterocycles. The number of nitrogens with zero attached hydrogens (tertiary/aromatic N) is 5. The SMILES string of the molecule is CN(Cc1ccccc1Cl)C(=O)c1ccccc1SCc1nnnn1-c1ccccc1. The Hall–Kier alpha value is -3.16. The molecule has 31 heavy (non-hydrogen) atoms. The van der Waals surface area contributed by atoms with Crippen molar-refractivity contribution in [3.63, 3.8) is 0 Å². The van der Waals surface area contributed by atoms with E-state index in [0.29, 0.717) is 28.7 Å². The fourth-order valence-electron chi connectivity index (χ4n) is 3.14. The topological polar surface area (TPSA) is 63.9 Å². The summed E-state index contributed by atoms with van der Waals surface area (Å²) in [6, 6.07) is 24.9. The summed E-state index contributed by atoms with van der Waals surface area (Å²) < 4.78 is 1.71. The highest BCUT2D eigenvalue weighted by Gasteiger charge is 2.18. The van der Waals surface area contributed by atoms with Crippen LogP contribution in [-0.4, -0.2) is 38.1 Å². The Morgan fingerprint density at radius 1 is 1.00 bits per heavy atom. The van der Waals surface area contributed by atoms with Gasteiger partial charge in [0.25, 0.3) is 5.91 Å². The molecular formula is C23H20ClN5OS. The molecule has 0 bridgehead atoms. The molecule has 0 fully saturated rings. The number of benzene rings is 3. The van der Waals surface area contributed by atoms with E-state index in [0.717, 1.165) is 16.1 Å². The first-order valence-electron chi connectivity index (χ1n) is 9.67. The Morgan fingerprint density at radius 2 is 1.71 bits per heavy atom. The molecule has 1 heterocycles. The maximum atomic E-state index is 13.2. The predicted molar refractivity (Wildman–Crippen MR) is 122 cm³/mol. The Bertz CT molecular complexity index is 1180. The van der Waals surface area contributed by atoms with Crippen LogP contribution < -0.4 is 0 Å². The van der Waals surface area contributed by atoms with Crippen molar-refractivity contribution in [1.29, 1.82) is 0 Å². The number of tetrazole rings is 1. The van der Waals surface area contributed by atoms with Crippen molar-refractivity contribution < 1.29 is 4.79 Å². The van der Waals surface area contributed by atoms with Gasteiger partial charge >= 0.3 is 0 Å². The molecule has 3 aromatic carbocycles. The molecule has 4 aromatic rings. The summed E-state index contributed by atoms with van der Waals surface area (Å²) in [7, 11) is 1.78. The van der Waals surface area contributed by atoms with Gasteiger partial charge in [0.2, 0.25) is 0 Å². The molecule has 0 unspecified atom stereocenters. The molecule has 6 nitrogen and oxygen atoms in total. The average Bonchev–Trinajstić information content (AvgIpc) is 3.28. The van der Waals surface area contributed by atoms with Crippen LogP contribution in [-0.2, 0) is 12.3 Å². The van der Waals surface area contributed by atoms with E-state index in [1.54, 1.807) is 16.6 Å². The normalized spacial score (nSPS) is 10.8. The summed E-state index contributed by atoms with van der Waals surface area (Å²) in [4.78, 5) is 15.7. The highest BCUT2D eigenvalue weighted by molar-refractivity contribution is 7.98. The lowest BCUT2D eigenvalue weighted by Crippen LogP contribution is -2.26. The van der Waals surface area contributed by atoms with E-state index in [1.807, 2.05) is 78.9 Å². The number of rotatable bonds is 7. The smallest absolute Gasteiger partial charge is 0.255 e.